The van der Waals surface area contributed by atoms with E-state index in [2.05, 4.69) is 4.18 Å². The van der Waals surface area contributed by atoms with E-state index in [4.69, 9.17) is 0 Å². The zero-order valence-electron chi connectivity index (χ0n) is 4.55. The molecule has 0 aromatic rings. The first kappa shape index (κ1) is 6.04. The van der Waals surface area contributed by atoms with Crippen molar-refractivity contribution in [1.82, 2.24) is 0 Å². The summed E-state index contributed by atoms with van der Waals surface area (Å²) in [7, 11) is -2.03. The van der Waals surface area contributed by atoms with Crippen LogP contribution >= 0.6 is 0 Å². The largest absolute Gasteiger partial charge is 0.274 e. The molecular weight excluding hydrogens is 128 g/mol. The lowest BCUT2D eigenvalue weighted by molar-refractivity contribution is 0.402. The number of rotatable bonds is 2. The van der Waals surface area contributed by atoms with Crippen molar-refractivity contribution in [2.24, 2.45) is 0 Å². The van der Waals surface area contributed by atoms with E-state index in [0.717, 1.165) is 0 Å². The van der Waals surface area contributed by atoms with Crippen molar-refractivity contribution in [3.63, 3.8) is 0 Å². The van der Waals surface area contributed by atoms with Gasteiger partial charge in [0.15, 0.2) is 0 Å². The summed E-state index contributed by atoms with van der Waals surface area (Å²) < 4.78 is 25.2. The van der Waals surface area contributed by atoms with Crippen molar-refractivity contribution in [2.75, 3.05) is 7.11 Å². The molecule has 0 aromatic carbocycles. The monoisotopic (exact) mass is 135 g/mol. The molecule has 4 heteroatoms. The van der Waals surface area contributed by atoms with Gasteiger partial charge >= 0.3 is 0 Å². The third-order valence-electron chi connectivity index (χ3n) is 1.03. The highest BCUT2D eigenvalue weighted by atomic mass is 32.2. The summed E-state index contributed by atoms with van der Waals surface area (Å²) in [6.07, 6.45) is 1.38. The van der Waals surface area contributed by atoms with Crippen molar-refractivity contribution in [3.8, 4) is 0 Å². The number of hydrogen-bond donors (Lipinski definition) is 0. The van der Waals surface area contributed by atoms with Crippen LogP contribution in [0.3, 0.4) is 0 Å². The van der Waals surface area contributed by atoms with Crippen LogP contribution in [0.5, 0.6) is 0 Å². The lowest BCUT2D eigenvalue weighted by atomic mass is 11.0. The molecule has 1 aliphatic carbocycles. The molecule has 47 valence electrons. The third-order valence-corrected chi connectivity index (χ3v) is 2.58. The molecule has 0 unspecified atom stereocenters. The van der Waals surface area contributed by atoms with Gasteiger partial charge in [0.2, 0.25) is 0 Å². The normalized spacial score (nSPS) is 21.1. The molecule has 0 heterocycles. The first-order chi connectivity index (χ1) is 3.67. The Morgan fingerprint density at radius 3 is 2.12 bits per heavy atom. The van der Waals surface area contributed by atoms with E-state index in [9.17, 15) is 8.42 Å². The molecular formula is C4H7O3S. The molecule has 1 radical (unpaired) electrons. The van der Waals surface area contributed by atoms with Gasteiger partial charge in [-0.25, -0.2) is 0 Å². The Kier molecular flexibility index (Phi) is 1.28. The summed E-state index contributed by atoms with van der Waals surface area (Å²) >= 11 is 0. The van der Waals surface area contributed by atoms with Crippen molar-refractivity contribution in [1.29, 1.82) is 0 Å². The summed E-state index contributed by atoms with van der Waals surface area (Å²) in [6, 6.07) is 0. The zero-order chi connectivity index (χ0) is 6.20. The molecule has 1 rings (SSSR count). The first-order valence-electron chi connectivity index (χ1n) is 2.32. The van der Waals surface area contributed by atoms with Crippen LogP contribution < -0.4 is 0 Å². The Morgan fingerprint density at radius 2 is 2.00 bits per heavy atom. The quantitative estimate of drug-likeness (QED) is 0.511. The van der Waals surface area contributed by atoms with Crippen LogP contribution in [0.1, 0.15) is 12.8 Å². The molecule has 0 spiro atoms. The van der Waals surface area contributed by atoms with Crippen LogP contribution in [0.4, 0.5) is 0 Å². The Labute approximate surface area is 48.8 Å². The maximum absolute atomic E-state index is 10.5. The van der Waals surface area contributed by atoms with E-state index in [1.165, 1.54) is 7.11 Å². The molecule has 1 saturated carbocycles. The van der Waals surface area contributed by atoms with Gasteiger partial charge < -0.3 is 0 Å². The van der Waals surface area contributed by atoms with Crippen molar-refractivity contribution >= 4 is 10.1 Å². The fourth-order valence-corrected chi connectivity index (χ4v) is 1.26. The maximum Gasteiger partial charge on any atom is 0.274 e. The van der Waals surface area contributed by atoms with E-state index >= 15 is 0 Å². The van der Waals surface area contributed by atoms with Gasteiger partial charge in [0.05, 0.1) is 7.11 Å². The van der Waals surface area contributed by atoms with Crippen LogP contribution in [0.2, 0.25) is 0 Å². The minimum atomic E-state index is -3.21. The fraction of sp³-hybridized carbons (Fsp3) is 0.750. The minimum absolute atomic E-state index is 0.528. The standard InChI is InChI=1S/C4H7O3S/c1-7-8(5,6)4-2-3-4/h2-3H2,1H3. The summed E-state index contributed by atoms with van der Waals surface area (Å²) in [5.41, 5.74) is 0. The average molecular weight is 135 g/mol. The first-order valence-corrected chi connectivity index (χ1v) is 3.73. The molecule has 8 heavy (non-hydrogen) atoms. The molecule has 0 amide bonds. The minimum Gasteiger partial charge on any atom is -0.273 e. The van der Waals surface area contributed by atoms with Crippen LogP contribution in [-0.2, 0) is 14.3 Å². The van der Waals surface area contributed by atoms with Crippen LogP contribution in [0, 0.1) is 5.25 Å². The lowest BCUT2D eigenvalue weighted by Crippen LogP contribution is -2.01. The molecule has 0 bridgehead atoms. The van der Waals surface area contributed by atoms with E-state index in [0.29, 0.717) is 18.1 Å². The van der Waals surface area contributed by atoms with Gasteiger partial charge in [-0.2, -0.15) is 8.42 Å². The van der Waals surface area contributed by atoms with Gasteiger partial charge in [-0.1, -0.05) is 0 Å². The fourth-order valence-electron chi connectivity index (χ4n) is 0.419. The summed E-state index contributed by atoms with van der Waals surface area (Å²) in [5.74, 6) is 0. The van der Waals surface area contributed by atoms with E-state index in [-0.39, 0.29) is 0 Å². The predicted octanol–water partition coefficient (Wildman–Crippen LogP) is 0.288. The summed E-state index contributed by atoms with van der Waals surface area (Å²) in [6.45, 7) is 0. The van der Waals surface area contributed by atoms with Gasteiger partial charge in [0.25, 0.3) is 10.1 Å². The zero-order valence-corrected chi connectivity index (χ0v) is 5.36. The van der Waals surface area contributed by atoms with Gasteiger partial charge in [0.1, 0.15) is 5.25 Å². The SMILES string of the molecule is COS(=O)(=O)[C]1CC1. The summed E-state index contributed by atoms with van der Waals surface area (Å²) in [4.78, 5) is 0. The second kappa shape index (κ2) is 1.70. The molecule has 0 saturated heterocycles. The van der Waals surface area contributed by atoms with Crippen LogP contribution in [-0.4, -0.2) is 15.5 Å². The van der Waals surface area contributed by atoms with Crippen molar-refractivity contribution < 1.29 is 12.6 Å². The highest BCUT2D eigenvalue weighted by Gasteiger charge is 2.36. The smallest absolute Gasteiger partial charge is 0.273 e. The second-order valence-corrected chi connectivity index (χ2v) is 3.48. The summed E-state index contributed by atoms with van der Waals surface area (Å²) in [5, 5.41) is 0.528. The Balaban J connectivity index is 2.65. The average Bonchev–Trinajstić information content (AvgIpc) is 2.44. The van der Waals surface area contributed by atoms with Gasteiger partial charge in [-0.15, -0.1) is 0 Å². The van der Waals surface area contributed by atoms with Gasteiger partial charge in [0, 0.05) is 0 Å². The molecule has 0 aromatic heterocycles. The van der Waals surface area contributed by atoms with E-state index in [1.54, 1.807) is 0 Å². The highest BCUT2D eigenvalue weighted by molar-refractivity contribution is 7.90. The Hall–Kier alpha value is -0.0900. The van der Waals surface area contributed by atoms with Crippen molar-refractivity contribution in [3.05, 3.63) is 5.25 Å². The van der Waals surface area contributed by atoms with Crippen molar-refractivity contribution in [2.45, 2.75) is 12.8 Å². The lowest BCUT2D eigenvalue weighted by Gasteiger charge is -1.92. The van der Waals surface area contributed by atoms with Crippen LogP contribution in [0.15, 0.2) is 0 Å². The topological polar surface area (TPSA) is 43.4 Å². The Bertz CT molecular complexity index is 166. The van der Waals surface area contributed by atoms with E-state index in [1.807, 2.05) is 0 Å². The molecule has 3 nitrogen and oxygen atoms in total. The van der Waals surface area contributed by atoms with Gasteiger partial charge in [-0.3, -0.25) is 4.18 Å². The third kappa shape index (κ3) is 1.00. The Morgan fingerprint density at radius 1 is 1.50 bits per heavy atom. The molecule has 1 fully saturated rings. The van der Waals surface area contributed by atoms with E-state index < -0.39 is 10.1 Å². The molecule has 0 aliphatic heterocycles. The predicted molar refractivity (Wildman–Crippen MR) is 28.4 cm³/mol. The molecule has 0 atom stereocenters. The maximum atomic E-state index is 10.5. The second-order valence-electron chi connectivity index (χ2n) is 1.66. The molecule has 1 aliphatic rings. The highest BCUT2D eigenvalue weighted by Crippen LogP contribution is 2.37. The molecule has 0 N–H and O–H groups in total. The number of hydrogen-bond acceptors (Lipinski definition) is 3. The van der Waals surface area contributed by atoms with Crippen LogP contribution in [0.25, 0.3) is 0 Å². The van der Waals surface area contributed by atoms with Gasteiger partial charge in [-0.05, 0) is 12.8 Å².